The van der Waals surface area contributed by atoms with Crippen LogP contribution < -0.4 is 14.8 Å². The van der Waals surface area contributed by atoms with Crippen LogP contribution in [0.25, 0.3) is 0 Å². The summed E-state index contributed by atoms with van der Waals surface area (Å²) in [6.07, 6.45) is 0. The number of nitrogens with zero attached hydrogens (tertiary/aromatic N) is 1. The van der Waals surface area contributed by atoms with Crippen LogP contribution in [0.3, 0.4) is 0 Å². The third-order valence-electron chi connectivity index (χ3n) is 2.74. The van der Waals surface area contributed by atoms with Crippen molar-refractivity contribution < 1.29 is 9.47 Å². The highest BCUT2D eigenvalue weighted by molar-refractivity contribution is 5.42. The molecule has 0 saturated heterocycles. The number of rotatable bonds is 7. The van der Waals surface area contributed by atoms with Crippen molar-refractivity contribution in [2.45, 2.75) is 19.5 Å². The van der Waals surface area contributed by atoms with Crippen molar-refractivity contribution in [3.8, 4) is 11.5 Å². The normalized spacial score (nSPS) is 12.6. The van der Waals surface area contributed by atoms with E-state index in [1.807, 2.05) is 12.1 Å². The summed E-state index contributed by atoms with van der Waals surface area (Å²) in [5, 5.41) is 3.48. The third-order valence-corrected chi connectivity index (χ3v) is 2.74. The Labute approximate surface area is 110 Å². The molecule has 0 saturated carbocycles. The minimum atomic E-state index is 0.452. The molecule has 0 spiro atoms. The maximum absolute atomic E-state index is 5.29. The van der Waals surface area contributed by atoms with Gasteiger partial charge in [-0.25, -0.2) is 0 Å². The van der Waals surface area contributed by atoms with Crippen molar-refractivity contribution in [1.82, 2.24) is 10.2 Å². The predicted octanol–water partition coefficient (Wildman–Crippen LogP) is 1.74. The van der Waals surface area contributed by atoms with E-state index in [9.17, 15) is 0 Å². The molecule has 0 amide bonds. The van der Waals surface area contributed by atoms with Gasteiger partial charge >= 0.3 is 0 Å². The van der Waals surface area contributed by atoms with E-state index in [0.717, 1.165) is 24.6 Å². The fraction of sp³-hybridized carbons (Fsp3) is 0.571. The quantitative estimate of drug-likeness (QED) is 0.801. The largest absolute Gasteiger partial charge is 0.493 e. The Hall–Kier alpha value is -1.26. The molecule has 1 aromatic carbocycles. The maximum Gasteiger partial charge on any atom is 0.161 e. The van der Waals surface area contributed by atoms with E-state index in [0.29, 0.717) is 6.04 Å². The molecule has 0 aliphatic carbocycles. The van der Waals surface area contributed by atoms with Crippen LogP contribution in [0.5, 0.6) is 11.5 Å². The second-order valence-electron chi connectivity index (χ2n) is 4.73. The van der Waals surface area contributed by atoms with Crippen molar-refractivity contribution in [3.05, 3.63) is 23.8 Å². The average molecular weight is 252 g/mol. The lowest BCUT2D eigenvalue weighted by atomic mass is 10.2. The molecular weight excluding hydrogens is 228 g/mol. The van der Waals surface area contributed by atoms with Crippen molar-refractivity contribution in [1.29, 1.82) is 0 Å². The lowest BCUT2D eigenvalue weighted by molar-refractivity contribution is 0.346. The number of nitrogens with one attached hydrogen (secondary N) is 1. The van der Waals surface area contributed by atoms with Gasteiger partial charge in [-0.1, -0.05) is 6.07 Å². The highest BCUT2D eigenvalue weighted by Crippen LogP contribution is 2.27. The molecule has 1 atom stereocenters. The number of benzene rings is 1. The number of hydrogen-bond donors (Lipinski definition) is 1. The fourth-order valence-electron chi connectivity index (χ4n) is 1.89. The summed E-state index contributed by atoms with van der Waals surface area (Å²) >= 11 is 0. The third kappa shape index (κ3) is 4.55. The summed E-state index contributed by atoms with van der Waals surface area (Å²) in [6, 6.07) is 6.45. The Morgan fingerprint density at radius 3 is 2.39 bits per heavy atom. The van der Waals surface area contributed by atoms with Crippen LogP contribution in [0.1, 0.15) is 12.5 Å². The summed E-state index contributed by atoms with van der Waals surface area (Å²) in [7, 11) is 7.46. The number of likely N-dealkylation sites (N-methyl/N-ethyl adjacent to an activating group) is 1. The standard InChI is InChI=1S/C14H24N2O2/c1-11(10-16(2)3)15-9-12-6-7-13(17-4)14(8-12)18-5/h6-8,11,15H,9-10H2,1-5H3. The van der Waals surface area contributed by atoms with Gasteiger partial charge < -0.3 is 19.7 Å². The molecule has 0 aromatic heterocycles. The molecule has 0 radical (unpaired) electrons. The van der Waals surface area contributed by atoms with Gasteiger partial charge in [0.1, 0.15) is 0 Å². The van der Waals surface area contributed by atoms with Crippen LogP contribution in [0, 0.1) is 0 Å². The SMILES string of the molecule is COc1ccc(CNC(C)CN(C)C)cc1OC. The van der Waals surface area contributed by atoms with Gasteiger partial charge in [0.15, 0.2) is 11.5 Å². The second-order valence-corrected chi connectivity index (χ2v) is 4.73. The Bertz CT molecular complexity index is 367. The summed E-state index contributed by atoms with van der Waals surface area (Å²) < 4.78 is 10.5. The first-order chi connectivity index (χ1) is 8.56. The van der Waals surface area contributed by atoms with Crippen LogP contribution >= 0.6 is 0 Å². The van der Waals surface area contributed by atoms with E-state index in [1.54, 1.807) is 14.2 Å². The predicted molar refractivity (Wildman–Crippen MR) is 74.4 cm³/mol. The summed E-state index contributed by atoms with van der Waals surface area (Å²) in [6.45, 7) is 4.03. The van der Waals surface area contributed by atoms with Gasteiger partial charge in [-0.3, -0.25) is 0 Å². The molecule has 1 aromatic rings. The monoisotopic (exact) mass is 252 g/mol. The molecule has 1 rings (SSSR count). The highest BCUT2D eigenvalue weighted by Gasteiger charge is 2.06. The molecule has 102 valence electrons. The van der Waals surface area contributed by atoms with E-state index in [1.165, 1.54) is 5.56 Å². The lowest BCUT2D eigenvalue weighted by Gasteiger charge is -2.18. The van der Waals surface area contributed by atoms with Gasteiger partial charge in [0.05, 0.1) is 14.2 Å². The summed E-state index contributed by atoms with van der Waals surface area (Å²) in [4.78, 5) is 2.17. The van der Waals surface area contributed by atoms with E-state index >= 15 is 0 Å². The van der Waals surface area contributed by atoms with Gasteiger partial charge in [-0.15, -0.1) is 0 Å². The van der Waals surface area contributed by atoms with Crippen molar-refractivity contribution in [2.75, 3.05) is 34.9 Å². The minimum absolute atomic E-state index is 0.452. The van der Waals surface area contributed by atoms with Gasteiger partial charge in [0.2, 0.25) is 0 Å². The molecule has 4 heteroatoms. The molecule has 1 unspecified atom stereocenters. The second kappa shape index (κ2) is 7.24. The van der Waals surface area contributed by atoms with Crippen LogP contribution in [-0.2, 0) is 6.54 Å². The molecule has 0 bridgehead atoms. The molecule has 0 fully saturated rings. The zero-order valence-corrected chi connectivity index (χ0v) is 12.0. The molecule has 0 aliphatic rings. The van der Waals surface area contributed by atoms with Crippen molar-refractivity contribution >= 4 is 0 Å². The van der Waals surface area contributed by atoms with Gasteiger partial charge in [-0.05, 0) is 38.7 Å². The fourth-order valence-corrected chi connectivity index (χ4v) is 1.89. The smallest absolute Gasteiger partial charge is 0.161 e. The number of methoxy groups -OCH3 is 2. The van der Waals surface area contributed by atoms with E-state index in [-0.39, 0.29) is 0 Å². The molecular formula is C14H24N2O2. The molecule has 4 nitrogen and oxygen atoms in total. The molecule has 1 N–H and O–H groups in total. The van der Waals surface area contributed by atoms with E-state index in [2.05, 4.69) is 37.3 Å². The van der Waals surface area contributed by atoms with Crippen LogP contribution in [0.2, 0.25) is 0 Å². The lowest BCUT2D eigenvalue weighted by Crippen LogP contribution is -2.35. The van der Waals surface area contributed by atoms with Crippen molar-refractivity contribution in [3.63, 3.8) is 0 Å². The molecule has 0 heterocycles. The molecule has 18 heavy (non-hydrogen) atoms. The van der Waals surface area contributed by atoms with Gasteiger partial charge in [-0.2, -0.15) is 0 Å². The van der Waals surface area contributed by atoms with Crippen LogP contribution in [0.15, 0.2) is 18.2 Å². The minimum Gasteiger partial charge on any atom is -0.493 e. The number of ether oxygens (including phenoxy) is 2. The van der Waals surface area contributed by atoms with Crippen molar-refractivity contribution in [2.24, 2.45) is 0 Å². The topological polar surface area (TPSA) is 33.7 Å². The van der Waals surface area contributed by atoms with E-state index < -0.39 is 0 Å². The number of hydrogen-bond acceptors (Lipinski definition) is 4. The first-order valence-electron chi connectivity index (χ1n) is 6.15. The van der Waals surface area contributed by atoms with Gasteiger partial charge in [0, 0.05) is 19.1 Å². The van der Waals surface area contributed by atoms with Crippen LogP contribution in [0.4, 0.5) is 0 Å². The Kier molecular flexibility index (Phi) is 5.95. The Morgan fingerprint density at radius 2 is 1.83 bits per heavy atom. The Balaban J connectivity index is 2.57. The zero-order valence-electron chi connectivity index (χ0n) is 12.0. The maximum atomic E-state index is 5.29. The van der Waals surface area contributed by atoms with E-state index in [4.69, 9.17) is 9.47 Å². The highest BCUT2D eigenvalue weighted by atomic mass is 16.5. The molecule has 0 aliphatic heterocycles. The Morgan fingerprint density at radius 1 is 1.17 bits per heavy atom. The summed E-state index contributed by atoms with van der Waals surface area (Å²) in [5.74, 6) is 1.54. The first-order valence-corrected chi connectivity index (χ1v) is 6.15. The van der Waals surface area contributed by atoms with Crippen LogP contribution in [-0.4, -0.2) is 45.8 Å². The zero-order chi connectivity index (χ0) is 13.5. The first kappa shape index (κ1) is 14.8. The average Bonchev–Trinajstić information content (AvgIpc) is 2.35. The summed E-state index contributed by atoms with van der Waals surface area (Å²) in [5.41, 5.74) is 1.19. The van der Waals surface area contributed by atoms with Gasteiger partial charge in [0.25, 0.3) is 0 Å².